The number of rotatable bonds is 5. The third-order valence-corrected chi connectivity index (χ3v) is 4.14. The van der Waals surface area contributed by atoms with Crippen LogP contribution in [0.15, 0.2) is 39.5 Å². The molecule has 2 N–H and O–H groups in total. The first kappa shape index (κ1) is 14.1. The van der Waals surface area contributed by atoms with Gasteiger partial charge in [0.1, 0.15) is 0 Å². The van der Waals surface area contributed by atoms with Crippen LogP contribution in [0, 0.1) is 0 Å². The van der Waals surface area contributed by atoms with E-state index in [4.69, 9.17) is 0 Å². The summed E-state index contributed by atoms with van der Waals surface area (Å²) in [6.45, 7) is 2.61. The second kappa shape index (κ2) is 6.73. The predicted octanol–water partition coefficient (Wildman–Crippen LogP) is 4.47. The van der Waals surface area contributed by atoms with E-state index < -0.39 is 0 Å². The van der Waals surface area contributed by atoms with Gasteiger partial charge in [-0.15, -0.1) is 11.3 Å². The summed E-state index contributed by atoms with van der Waals surface area (Å²) in [7, 11) is 0. The molecule has 0 bridgehead atoms. The molecule has 5 heteroatoms. The molecule has 0 radical (unpaired) electrons. The highest BCUT2D eigenvalue weighted by molar-refractivity contribution is 9.11. The first-order chi connectivity index (χ1) is 9.17. The summed E-state index contributed by atoms with van der Waals surface area (Å²) in [5, 5.41) is 8.30. The molecule has 0 atom stereocenters. The second-order valence-corrected chi connectivity index (χ2v) is 6.39. The minimum atomic E-state index is 0.0268. The zero-order valence-corrected chi connectivity index (χ0v) is 13.0. The third-order valence-electron chi connectivity index (χ3n) is 2.59. The summed E-state index contributed by atoms with van der Waals surface area (Å²) in [5.41, 5.74) is 3.06. The van der Waals surface area contributed by atoms with Crippen LogP contribution in [0.3, 0.4) is 0 Å². The van der Waals surface area contributed by atoms with Crippen LogP contribution in [0.25, 0.3) is 0 Å². The molecule has 0 saturated heterocycles. The lowest BCUT2D eigenvalue weighted by Gasteiger charge is -2.08. The Morgan fingerprint density at radius 3 is 2.79 bits per heavy atom. The number of benzene rings is 1. The SMILES string of the molecule is CCC(=O)Nc1cccc(NCc2csc(Br)c2)c1. The molecule has 1 amide bonds. The molecular weight excluding hydrogens is 324 g/mol. The topological polar surface area (TPSA) is 41.1 Å². The Morgan fingerprint density at radius 2 is 2.11 bits per heavy atom. The minimum Gasteiger partial charge on any atom is -0.381 e. The van der Waals surface area contributed by atoms with E-state index in [1.807, 2.05) is 31.2 Å². The molecule has 0 saturated carbocycles. The van der Waals surface area contributed by atoms with Crippen molar-refractivity contribution in [2.24, 2.45) is 0 Å². The van der Waals surface area contributed by atoms with Crippen molar-refractivity contribution < 1.29 is 4.79 Å². The van der Waals surface area contributed by atoms with Gasteiger partial charge < -0.3 is 10.6 Å². The second-order valence-electron chi connectivity index (χ2n) is 4.10. The van der Waals surface area contributed by atoms with Crippen molar-refractivity contribution in [3.05, 3.63) is 45.1 Å². The molecule has 0 unspecified atom stereocenters. The number of halogens is 1. The van der Waals surface area contributed by atoms with Crippen LogP contribution in [0.1, 0.15) is 18.9 Å². The summed E-state index contributed by atoms with van der Waals surface area (Å²) in [6, 6.07) is 9.84. The monoisotopic (exact) mass is 338 g/mol. The van der Waals surface area contributed by atoms with E-state index >= 15 is 0 Å². The Hall–Kier alpha value is -1.33. The number of anilines is 2. The Kier molecular flexibility index (Phi) is 4.99. The van der Waals surface area contributed by atoms with E-state index in [-0.39, 0.29) is 5.91 Å². The van der Waals surface area contributed by atoms with Gasteiger partial charge in [-0.3, -0.25) is 4.79 Å². The maximum atomic E-state index is 11.3. The molecule has 1 aromatic carbocycles. The number of nitrogens with one attached hydrogen (secondary N) is 2. The Labute approximate surface area is 125 Å². The van der Waals surface area contributed by atoms with Gasteiger partial charge in [-0.2, -0.15) is 0 Å². The average molecular weight is 339 g/mol. The highest BCUT2D eigenvalue weighted by Gasteiger charge is 2.01. The third kappa shape index (κ3) is 4.36. The predicted molar refractivity (Wildman–Crippen MR) is 84.7 cm³/mol. The maximum Gasteiger partial charge on any atom is 0.224 e. The molecule has 0 aliphatic heterocycles. The fourth-order valence-corrected chi connectivity index (χ4v) is 2.81. The van der Waals surface area contributed by atoms with Crippen molar-refractivity contribution in [3.63, 3.8) is 0 Å². The van der Waals surface area contributed by atoms with Gasteiger partial charge >= 0.3 is 0 Å². The van der Waals surface area contributed by atoms with Crippen LogP contribution >= 0.6 is 27.3 Å². The molecule has 100 valence electrons. The lowest BCUT2D eigenvalue weighted by Crippen LogP contribution is -2.09. The number of hydrogen-bond acceptors (Lipinski definition) is 3. The zero-order valence-electron chi connectivity index (χ0n) is 10.6. The molecule has 0 spiro atoms. The van der Waals surface area contributed by atoms with Crippen molar-refractivity contribution >= 4 is 44.5 Å². The summed E-state index contributed by atoms with van der Waals surface area (Å²) in [5.74, 6) is 0.0268. The van der Waals surface area contributed by atoms with Crippen LogP contribution in [0.2, 0.25) is 0 Å². The number of carbonyl (C=O) groups is 1. The van der Waals surface area contributed by atoms with Crippen molar-refractivity contribution in [2.45, 2.75) is 19.9 Å². The van der Waals surface area contributed by atoms with E-state index in [0.29, 0.717) is 6.42 Å². The van der Waals surface area contributed by atoms with E-state index in [2.05, 4.69) is 38.0 Å². The summed E-state index contributed by atoms with van der Waals surface area (Å²) in [4.78, 5) is 11.3. The molecule has 1 aromatic heterocycles. The van der Waals surface area contributed by atoms with Crippen LogP contribution in [-0.2, 0) is 11.3 Å². The van der Waals surface area contributed by atoms with Crippen molar-refractivity contribution in [3.8, 4) is 0 Å². The quantitative estimate of drug-likeness (QED) is 0.844. The Balaban J connectivity index is 1.97. The molecule has 0 aliphatic rings. The van der Waals surface area contributed by atoms with Crippen molar-refractivity contribution in [1.82, 2.24) is 0 Å². The van der Waals surface area contributed by atoms with E-state index in [1.54, 1.807) is 11.3 Å². The van der Waals surface area contributed by atoms with Crippen LogP contribution in [0.5, 0.6) is 0 Å². The minimum absolute atomic E-state index is 0.0268. The van der Waals surface area contributed by atoms with Crippen LogP contribution in [0.4, 0.5) is 11.4 Å². The van der Waals surface area contributed by atoms with Gasteiger partial charge in [0, 0.05) is 24.3 Å². The molecule has 0 fully saturated rings. The lowest BCUT2D eigenvalue weighted by molar-refractivity contribution is -0.115. The largest absolute Gasteiger partial charge is 0.381 e. The van der Waals surface area contributed by atoms with E-state index in [0.717, 1.165) is 21.7 Å². The molecule has 0 aliphatic carbocycles. The number of amides is 1. The van der Waals surface area contributed by atoms with E-state index in [9.17, 15) is 4.79 Å². The van der Waals surface area contributed by atoms with Gasteiger partial charge in [-0.05, 0) is 51.1 Å². The zero-order chi connectivity index (χ0) is 13.7. The molecule has 1 heterocycles. The standard InChI is InChI=1S/C14H15BrN2OS/c1-2-14(18)17-12-5-3-4-11(7-12)16-8-10-6-13(15)19-9-10/h3-7,9,16H,2,8H2,1H3,(H,17,18). The van der Waals surface area contributed by atoms with Crippen molar-refractivity contribution in [1.29, 1.82) is 0 Å². The fourth-order valence-electron chi connectivity index (χ4n) is 1.60. The Morgan fingerprint density at radius 1 is 1.32 bits per heavy atom. The highest BCUT2D eigenvalue weighted by atomic mass is 79.9. The lowest BCUT2D eigenvalue weighted by atomic mass is 10.2. The first-order valence-corrected chi connectivity index (χ1v) is 7.71. The van der Waals surface area contributed by atoms with Gasteiger partial charge in [0.25, 0.3) is 0 Å². The molecule has 2 aromatic rings. The van der Waals surface area contributed by atoms with Gasteiger partial charge in [0.15, 0.2) is 0 Å². The van der Waals surface area contributed by atoms with Crippen molar-refractivity contribution in [2.75, 3.05) is 10.6 Å². The average Bonchev–Trinajstić information content (AvgIpc) is 2.82. The maximum absolute atomic E-state index is 11.3. The molecular formula is C14H15BrN2OS. The summed E-state index contributed by atoms with van der Waals surface area (Å²) < 4.78 is 1.13. The normalized spacial score (nSPS) is 10.2. The molecule has 2 rings (SSSR count). The van der Waals surface area contributed by atoms with Crippen LogP contribution in [-0.4, -0.2) is 5.91 Å². The number of carbonyl (C=O) groups excluding carboxylic acids is 1. The summed E-state index contributed by atoms with van der Waals surface area (Å²) >= 11 is 5.12. The fraction of sp³-hybridized carbons (Fsp3) is 0.214. The van der Waals surface area contributed by atoms with Crippen LogP contribution < -0.4 is 10.6 Å². The Bertz CT molecular complexity index is 568. The van der Waals surface area contributed by atoms with Gasteiger partial charge in [-0.1, -0.05) is 13.0 Å². The van der Waals surface area contributed by atoms with Gasteiger partial charge in [-0.25, -0.2) is 0 Å². The number of hydrogen-bond donors (Lipinski definition) is 2. The van der Waals surface area contributed by atoms with Gasteiger partial charge in [0.05, 0.1) is 3.79 Å². The molecule has 19 heavy (non-hydrogen) atoms. The smallest absolute Gasteiger partial charge is 0.224 e. The first-order valence-electron chi connectivity index (χ1n) is 6.04. The number of thiophene rings is 1. The summed E-state index contributed by atoms with van der Waals surface area (Å²) in [6.07, 6.45) is 0.487. The van der Waals surface area contributed by atoms with Gasteiger partial charge in [0.2, 0.25) is 5.91 Å². The highest BCUT2D eigenvalue weighted by Crippen LogP contribution is 2.22. The molecule has 3 nitrogen and oxygen atoms in total. The van der Waals surface area contributed by atoms with E-state index in [1.165, 1.54) is 5.56 Å².